The second-order valence-electron chi connectivity index (χ2n) is 4.79. The summed E-state index contributed by atoms with van der Waals surface area (Å²) in [4.78, 5) is 6.82. The minimum atomic E-state index is 0.764. The van der Waals surface area contributed by atoms with E-state index in [2.05, 4.69) is 34.3 Å². The molecule has 0 atom stereocenters. The molecule has 1 fully saturated rings. The first kappa shape index (κ1) is 11.5. The zero-order chi connectivity index (χ0) is 12.4. The third-order valence-corrected chi connectivity index (χ3v) is 3.37. The highest BCUT2D eigenvalue weighted by molar-refractivity contribution is 5.75. The maximum absolute atomic E-state index is 5.83. The Balaban J connectivity index is 1.89. The van der Waals surface area contributed by atoms with Gasteiger partial charge in [-0.15, -0.1) is 0 Å². The van der Waals surface area contributed by atoms with Gasteiger partial charge in [-0.25, -0.2) is 0 Å². The Morgan fingerprint density at radius 1 is 1.33 bits per heavy atom. The lowest BCUT2D eigenvalue weighted by Crippen LogP contribution is -2.43. The molecule has 0 unspecified atom stereocenters. The van der Waals surface area contributed by atoms with Crippen molar-refractivity contribution in [1.29, 1.82) is 0 Å². The Bertz CT molecular complexity index is 529. The van der Waals surface area contributed by atoms with Crippen molar-refractivity contribution in [2.24, 2.45) is 0 Å². The van der Waals surface area contributed by atoms with Crippen LogP contribution in [-0.2, 0) is 6.42 Å². The molecular weight excluding hydrogens is 226 g/mol. The minimum absolute atomic E-state index is 0.764. The van der Waals surface area contributed by atoms with Gasteiger partial charge in [-0.05, 0) is 24.1 Å². The van der Waals surface area contributed by atoms with Crippen LogP contribution in [0.4, 0.5) is 6.01 Å². The highest BCUT2D eigenvalue weighted by Crippen LogP contribution is 2.23. The van der Waals surface area contributed by atoms with Crippen LogP contribution in [0.15, 0.2) is 22.6 Å². The molecule has 2 aromatic rings. The highest BCUT2D eigenvalue weighted by atomic mass is 16.4. The third-order valence-electron chi connectivity index (χ3n) is 3.37. The van der Waals surface area contributed by atoms with Crippen LogP contribution in [0.1, 0.15) is 18.9 Å². The summed E-state index contributed by atoms with van der Waals surface area (Å²) in [7, 11) is 0. The number of rotatable bonds is 3. The summed E-state index contributed by atoms with van der Waals surface area (Å²) < 4.78 is 5.83. The van der Waals surface area contributed by atoms with E-state index in [-0.39, 0.29) is 0 Å². The van der Waals surface area contributed by atoms with E-state index in [0.717, 1.165) is 56.1 Å². The molecule has 4 nitrogen and oxygen atoms in total. The Morgan fingerprint density at radius 3 is 2.94 bits per heavy atom. The van der Waals surface area contributed by atoms with Crippen LogP contribution >= 0.6 is 0 Å². The van der Waals surface area contributed by atoms with Crippen LogP contribution in [0.2, 0.25) is 0 Å². The molecule has 0 spiro atoms. The topological polar surface area (TPSA) is 41.3 Å². The summed E-state index contributed by atoms with van der Waals surface area (Å²) in [5.74, 6) is 0. The number of fused-ring (bicyclic) bond motifs is 1. The van der Waals surface area contributed by atoms with Crippen LogP contribution in [0.3, 0.4) is 0 Å². The maximum atomic E-state index is 5.83. The van der Waals surface area contributed by atoms with E-state index in [0.29, 0.717) is 0 Å². The molecule has 3 rings (SSSR count). The predicted molar refractivity (Wildman–Crippen MR) is 73.1 cm³/mol. The average molecular weight is 245 g/mol. The molecule has 4 heteroatoms. The number of nitrogens with one attached hydrogen (secondary N) is 1. The first-order valence-electron chi connectivity index (χ1n) is 6.72. The van der Waals surface area contributed by atoms with Gasteiger partial charge in [0.05, 0.1) is 0 Å². The Labute approximate surface area is 107 Å². The van der Waals surface area contributed by atoms with E-state index in [1.54, 1.807) is 0 Å². The van der Waals surface area contributed by atoms with Crippen LogP contribution < -0.4 is 10.2 Å². The molecule has 1 aliphatic heterocycles. The fourth-order valence-corrected chi connectivity index (χ4v) is 2.40. The van der Waals surface area contributed by atoms with Crippen molar-refractivity contribution >= 4 is 17.1 Å². The molecule has 1 N–H and O–H groups in total. The standard InChI is InChI=1S/C14H19N3O/c1-2-3-11-4-5-13-12(10-11)16-14(18-13)17-8-6-15-7-9-17/h4-5,10,15H,2-3,6-9H2,1H3. The second kappa shape index (κ2) is 4.98. The number of aromatic nitrogens is 1. The molecule has 2 heterocycles. The van der Waals surface area contributed by atoms with Crippen LogP contribution in [0.5, 0.6) is 0 Å². The average Bonchev–Trinajstić information content (AvgIpc) is 2.83. The molecule has 1 saturated heterocycles. The largest absolute Gasteiger partial charge is 0.423 e. The molecule has 1 aliphatic rings. The Kier molecular flexibility index (Phi) is 3.19. The fourth-order valence-electron chi connectivity index (χ4n) is 2.40. The van der Waals surface area contributed by atoms with Crippen LogP contribution in [0.25, 0.3) is 11.1 Å². The molecule has 0 aliphatic carbocycles. The van der Waals surface area contributed by atoms with Gasteiger partial charge in [-0.3, -0.25) is 0 Å². The summed E-state index contributed by atoms with van der Waals surface area (Å²) >= 11 is 0. The van der Waals surface area contributed by atoms with Gasteiger partial charge in [-0.2, -0.15) is 4.98 Å². The van der Waals surface area contributed by atoms with Gasteiger partial charge in [0.2, 0.25) is 0 Å². The number of aryl methyl sites for hydroxylation is 1. The minimum Gasteiger partial charge on any atom is -0.423 e. The molecule has 1 aromatic heterocycles. The lowest BCUT2D eigenvalue weighted by atomic mass is 10.1. The zero-order valence-electron chi connectivity index (χ0n) is 10.8. The number of oxazole rings is 1. The maximum Gasteiger partial charge on any atom is 0.298 e. The van der Waals surface area contributed by atoms with Crippen molar-refractivity contribution in [3.8, 4) is 0 Å². The first-order chi connectivity index (χ1) is 8.86. The molecule has 96 valence electrons. The predicted octanol–water partition coefficient (Wildman–Crippen LogP) is 2.19. The molecule has 0 radical (unpaired) electrons. The molecule has 1 aromatic carbocycles. The SMILES string of the molecule is CCCc1ccc2oc(N3CCNCC3)nc2c1. The van der Waals surface area contributed by atoms with Crippen LogP contribution in [0, 0.1) is 0 Å². The summed E-state index contributed by atoms with van der Waals surface area (Å²) in [6, 6.07) is 7.09. The van der Waals surface area contributed by atoms with Gasteiger partial charge in [0.1, 0.15) is 5.52 Å². The summed E-state index contributed by atoms with van der Waals surface area (Å²) in [5.41, 5.74) is 3.21. The van der Waals surface area contributed by atoms with Gasteiger partial charge >= 0.3 is 0 Å². The molecule has 18 heavy (non-hydrogen) atoms. The molecule has 0 saturated carbocycles. The van der Waals surface area contributed by atoms with Gasteiger partial charge in [0.25, 0.3) is 6.01 Å². The highest BCUT2D eigenvalue weighted by Gasteiger charge is 2.16. The summed E-state index contributed by atoms with van der Waals surface area (Å²) in [6.07, 6.45) is 2.26. The number of nitrogens with zero attached hydrogens (tertiary/aromatic N) is 2. The number of piperazine rings is 1. The third kappa shape index (κ3) is 2.20. The van der Waals surface area contributed by atoms with Crippen molar-refractivity contribution in [2.45, 2.75) is 19.8 Å². The van der Waals surface area contributed by atoms with E-state index in [1.807, 2.05) is 6.07 Å². The smallest absolute Gasteiger partial charge is 0.298 e. The number of hydrogen-bond acceptors (Lipinski definition) is 4. The van der Waals surface area contributed by atoms with E-state index in [4.69, 9.17) is 4.42 Å². The van der Waals surface area contributed by atoms with E-state index >= 15 is 0 Å². The lowest BCUT2D eigenvalue weighted by Gasteiger charge is -2.25. The normalized spacial score (nSPS) is 16.4. The number of hydrogen-bond donors (Lipinski definition) is 1. The Morgan fingerprint density at radius 2 is 2.17 bits per heavy atom. The van der Waals surface area contributed by atoms with Gasteiger partial charge in [0.15, 0.2) is 5.58 Å². The quantitative estimate of drug-likeness (QED) is 0.900. The van der Waals surface area contributed by atoms with Crippen molar-refractivity contribution in [2.75, 3.05) is 31.1 Å². The van der Waals surface area contributed by atoms with Crippen LogP contribution in [-0.4, -0.2) is 31.2 Å². The number of anilines is 1. The lowest BCUT2D eigenvalue weighted by molar-refractivity contribution is 0.517. The van der Waals surface area contributed by atoms with E-state index < -0.39 is 0 Å². The fraction of sp³-hybridized carbons (Fsp3) is 0.500. The van der Waals surface area contributed by atoms with Crippen molar-refractivity contribution < 1.29 is 4.42 Å². The van der Waals surface area contributed by atoms with E-state index in [1.165, 1.54) is 5.56 Å². The zero-order valence-corrected chi connectivity index (χ0v) is 10.8. The first-order valence-corrected chi connectivity index (χ1v) is 6.72. The van der Waals surface area contributed by atoms with Crippen molar-refractivity contribution in [1.82, 2.24) is 10.3 Å². The van der Waals surface area contributed by atoms with E-state index in [9.17, 15) is 0 Å². The molecule has 0 amide bonds. The monoisotopic (exact) mass is 245 g/mol. The van der Waals surface area contributed by atoms with Gasteiger partial charge < -0.3 is 14.6 Å². The van der Waals surface area contributed by atoms with Crippen molar-refractivity contribution in [3.63, 3.8) is 0 Å². The number of benzene rings is 1. The summed E-state index contributed by atoms with van der Waals surface area (Å²) in [5, 5.41) is 3.33. The second-order valence-corrected chi connectivity index (χ2v) is 4.79. The van der Waals surface area contributed by atoms with Gasteiger partial charge in [0, 0.05) is 26.2 Å². The summed E-state index contributed by atoms with van der Waals surface area (Å²) in [6.45, 7) is 6.13. The molecular formula is C14H19N3O. The van der Waals surface area contributed by atoms with Gasteiger partial charge in [-0.1, -0.05) is 19.4 Å². The Hall–Kier alpha value is -1.55. The molecule has 0 bridgehead atoms. The van der Waals surface area contributed by atoms with Crippen molar-refractivity contribution in [3.05, 3.63) is 23.8 Å².